The van der Waals surface area contributed by atoms with Gasteiger partial charge in [-0.15, -0.1) is 0 Å². The molecule has 3 aromatic rings. The predicted molar refractivity (Wildman–Crippen MR) is 109 cm³/mol. The van der Waals surface area contributed by atoms with Crippen molar-refractivity contribution >= 4 is 0 Å². The molecule has 3 nitrogen and oxygen atoms in total. The normalized spacial score (nSPS) is 15.9. The predicted octanol–water partition coefficient (Wildman–Crippen LogP) is 4.28. The van der Waals surface area contributed by atoms with Crippen molar-refractivity contribution in [3.63, 3.8) is 0 Å². The average molecular weight is 361 g/mol. The van der Waals surface area contributed by atoms with Crippen LogP contribution in [0.2, 0.25) is 0 Å². The number of hydrogen-bond acceptors (Lipinski definition) is 3. The van der Waals surface area contributed by atoms with Crippen molar-refractivity contribution in [1.82, 2.24) is 4.90 Å². The summed E-state index contributed by atoms with van der Waals surface area (Å²) in [6, 6.07) is 26.6. The molecule has 0 aliphatic heterocycles. The minimum Gasteiger partial charge on any atom is -0.385 e. The van der Waals surface area contributed by atoms with E-state index < -0.39 is 11.7 Å². The maximum atomic E-state index is 12.0. The highest BCUT2D eigenvalue weighted by atomic mass is 16.3. The molecule has 3 heteroatoms. The van der Waals surface area contributed by atoms with Crippen LogP contribution < -0.4 is 0 Å². The molecule has 0 unspecified atom stereocenters. The standard InChI is InChI=1S/C24H27NO2/c1-18(25(2)3)21-16-10-11-17-22(21)24(27,20-14-8-5-9-15-20)23(26)19-12-6-4-7-13-19/h4-18,23,26-27H,1-3H3/t18-,23+,24-/m0/s1. The number of aliphatic hydroxyl groups excluding tert-OH is 1. The number of nitrogens with zero attached hydrogens (tertiary/aromatic N) is 1. The smallest absolute Gasteiger partial charge is 0.145 e. The van der Waals surface area contributed by atoms with Crippen molar-refractivity contribution in [2.45, 2.75) is 24.7 Å². The molecule has 3 atom stereocenters. The van der Waals surface area contributed by atoms with Crippen LogP contribution in [0, 0.1) is 0 Å². The lowest BCUT2D eigenvalue weighted by molar-refractivity contribution is -0.0528. The Balaban J connectivity index is 2.24. The molecule has 0 saturated carbocycles. The maximum absolute atomic E-state index is 12.0. The Morgan fingerprint density at radius 3 is 1.89 bits per heavy atom. The van der Waals surface area contributed by atoms with Crippen LogP contribution in [0.15, 0.2) is 84.9 Å². The Morgan fingerprint density at radius 1 is 0.778 bits per heavy atom. The highest BCUT2D eigenvalue weighted by molar-refractivity contribution is 5.45. The summed E-state index contributed by atoms with van der Waals surface area (Å²) >= 11 is 0. The average Bonchev–Trinajstić information content (AvgIpc) is 2.73. The highest BCUT2D eigenvalue weighted by Crippen LogP contribution is 2.43. The zero-order chi connectivity index (χ0) is 19.4. The van der Waals surface area contributed by atoms with E-state index in [1.54, 1.807) is 0 Å². The van der Waals surface area contributed by atoms with Crippen LogP contribution in [0.4, 0.5) is 0 Å². The molecule has 0 spiro atoms. The Bertz CT molecular complexity index is 864. The van der Waals surface area contributed by atoms with Gasteiger partial charge >= 0.3 is 0 Å². The molecule has 3 rings (SSSR count). The second kappa shape index (κ2) is 8.05. The first kappa shape index (κ1) is 19.3. The molecule has 0 amide bonds. The molecule has 0 aliphatic rings. The summed E-state index contributed by atoms with van der Waals surface area (Å²) < 4.78 is 0. The number of rotatable bonds is 6. The third kappa shape index (κ3) is 3.67. The molecule has 0 heterocycles. The zero-order valence-corrected chi connectivity index (χ0v) is 16.1. The van der Waals surface area contributed by atoms with E-state index in [4.69, 9.17) is 0 Å². The number of hydrogen-bond donors (Lipinski definition) is 2. The van der Waals surface area contributed by atoms with Crippen molar-refractivity contribution < 1.29 is 10.2 Å². The van der Waals surface area contributed by atoms with Gasteiger partial charge in [0.05, 0.1) is 0 Å². The van der Waals surface area contributed by atoms with Gasteiger partial charge in [-0.05, 0) is 43.3 Å². The third-order valence-corrected chi connectivity index (χ3v) is 5.32. The van der Waals surface area contributed by atoms with E-state index in [0.717, 1.165) is 5.56 Å². The van der Waals surface area contributed by atoms with Crippen molar-refractivity contribution in [2.24, 2.45) is 0 Å². The van der Waals surface area contributed by atoms with Crippen LogP contribution in [0.5, 0.6) is 0 Å². The molecule has 0 aliphatic carbocycles. The Morgan fingerprint density at radius 2 is 1.30 bits per heavy atom. The van der Waals surface area contributed by atoms with E-state index in [1.807, 2.05) is 99.0 Å². The van der Waals surface area contributed by atoms with E-state index in [-0.39, 0.29) is 6.04 Å². The summed E-state index contributed by atoms with van der Waals surface area (Å²) in [7, 11) is 4.02. The Kier molecular flexibility index (Phi) is 5.76. The third-order valence-electron chi connectivity index (χ3n) is 5.32. The van der Waals surface area contributed by atoms with Gasteiger partial charge in [0, 0.05) is 6.04 Å². The molecule has 0 radical (unpaired) electrons. The first-order chi connectivity index (χ1) is 13.0. The van der Waals surface area contributed by atoms with E-state index >= 15 is 0 Å². The van der Waals surface area contributed by atoms with E-state index in [1.165, 1.54) is 0 Å². The molecular weight excluding hydrogens is 334 g/mol. The van der Waals surface area contributed by atoms with Crippen LogP contribution in [-0.4, -0.2) is 29.2 Å². The fraction of sp³-hybridized carbons (Fsp3) is 0.250. The monoisotopic (exact) mass is 361 g/mol. The highest BCUT2D eigenvalue weighted by Gasteiger charge is 2.42. The van der Waals surface area contributed by atoms with Crippen LogP contribution in [0.1, 0.15) is 41.3 Å². The van der Waals surface area contributed by atoms with Crippen LogP contribution in [0.25, 0.3) is 0 Å². The second-order valence-corrected chi connectivity index (χ2v) is 7.17. The molecule has 140 valence electrons. The molecular formula is C24H27NO2. The number of aliphatic hydroxyl groups is 2. The Labute approximate surface area is 161 Å². The molecule has 0 saturated heterocycles. The second-order valence-electron chi connectivity index (χ2n) is 7.17. The minimum absolute atomic E-state index is 0.0828. The summed E-state index contributed by atoms with van der Waals surface area (Å²) in [6.45, 7) is 2.10. The molecule has 3 aromatic carbocycles. The van der Waals surface area contributed by atoms with E-state index in [0.29, 0.717) is 16.7 Å². The first-order valence-electron chi connectivity index (χ1n) is 9.23. The topological polar surface area (TPSA) is 43.7 Å². The first-order valence-corrected chi connectivity index (χ1v) is 9.23. The maximum Gasteiger partial charge on any atom is 0.145 e. The lowest BCUT2D eigenvalue weighted by Crippen LogP contribution is -2.37. The quantitative estimate of drug-likeness (QED) is 0.689. The molecule has 27 heavy (non-hydrogen) atoms. The van der Waals surface area contributed by atoms with Crippen molar-refractivity contribution in [2.75, 3.05) is 14.1 Å². The van der Waals surface area contributed by atoms with Crippen molar-refractivity contribution in [3.05, 3.63) is 107 Å². The molecule has 0 aromatic heterocycles. The van der Waals surface area contributed by atoms with Gasteiger partial charge in [-0.2, -0.15) is 0 Å². The van der Waals surface area contributed by atoms with Gasteiger partial charge in [-0.25, -0.2) is 0 Å². The summed E-state index contributed by atoms with van der Waals surface area (Å²) in [6.07, 6.45) is -1.10. The fourth-order valence-electron chi connectivity index (χ4n) is 3.52. The van der Waals surface area contributed by atoms with Crippen LogP contribution in [-0.2, 0) is 5.60 Å². The van der Waals surface area contributed by atoms with Gasteiger partial charge in [-0.3, -0.25) is 0 Å². The van der Waals surface area contributed by atoms with Gasteiger partial charge in [0.1, 0.15) is 11.7 Å². The number of benzene rings is 3. The Hall–Kier alpha value is -2.46. The van der Waals surface area contributed by atoms with Gasteiger partial charge in [-0.1, -0.05) is 84.9 Å². The van der Waals surface area contributed by atoms with Gasteiger partial charge in [0.25, 0.3) is 0 Å². The summed E-state index contributed by atoms with van der Waals surface area (Å²) in [4.78, 5) is 2.10. The van der Waals surface area contributed by atoms with Gasteiger partial charge in [0.2, 0.25) is 0 Å². The summed E-state index contributed by atoms with van der Waals surface area (Å²) in [5, 5.41) is 23.3. The lowest BCUT2D eigenvalue weighted by atomic mass is 9.76. The zero-order valence-electron chi connectivity index (χ0n) is 16.1. The molecule has 2 N–H and O–H groups in total. The summed E-state index contributed by atoms with van der Waals surface area (Å²) in [5.41, 5.74) is 1.48. The van der Waals surface area contributed by atoms with E-state index in [2.05, 4.69) is 11.8 Å². The largest absolute Gasteiger partial charge is 0.385 e. The molecule has 0 bridgehead atoms. The van der Waals surface area contributed by atoms with Crippen LogP contribution >= 0.6 is 0 Å². The summed E-state index contributed by atoms with van der Waals surface area (Å²) in [5.74, 6) is 0. The van der Waals surface area contributed by atoms with E-state index in [9.17, 15) is 10.2 Å². The van der Waals surface area contributed by atoms with Gasteiger partial charge < -0.3 is 15.1 Å². The minimum atomic E-state index is -1.57. The fourth-order valence-corrected chi connectivity index (χ4v) is 3.52. The SMILES string of the molecule is C[C@@H](c1ccccc1[C@@](O)(c1ccccc1)[C@H](O)c1ccccc1)N(C)C. The van der Waals surface area contributed by atoms with Crippen LogP contribution in [0.3, 0.4) is 0 Å². The van der Waals surface area contributed by atoms with Gasteiger partial charge in [0.15, 0.2) is 0 Å². The van der Waals surface area contributed by atoms with Crippen molar-refractivity contribution in [1.29, 1.82) is 0 Å². The lowest BCUT2D eigenvalue weighted by Gasteiger charge is -2.37. The van der Waals surface area contributed by atoms with Crippen molar-refractivity contribution in [3.8, 4) is 0 Å². The molecule has 0 fully saturated rings.